The predicted molar refractivity (Wildman–Crippen MR) is 76.2 cm³/mol. The fraction of sp³-hybridized carbons (Fsp3) is 0.385. The molecular weight excluding hydrogens is 322 g/mol. The van der Waals surface area contributed by atoms with Gasteiger partial charge in [0.05, 0.1) is 17.3 Å². The van der Waals surface area contributed by atoms with Crippen LogP contribution in [0.15, 0.2) is 23.1 Å². The zero-order valence-electron chi connectivity index (χ0n) is 10.9. The Morgan fingerprint density at radius 3 is 2.95 bits per heavy atom. The highest BCUT2D eigenvalue weighted by molar-refractivity contribution is 9.10. The van der Waals surface area contributed by atoms with E-state index in [1.807, 2.05) is 13.0 Å². The number of aromatic amines is 1. The van der Waals surface area contributed by atoms with E-state index in [1.165, 1.54) is 6.33 Å². The first-order chi connectivity index (χ1) is 9.65. The van der Waals surface area contributed by atoms with Crippen LogP contribution in [0.1, 0.15) is 53.6 Å². The molecule has 2 aromatic heterocycles. The van der Waals surface area contributed by atoms with Gasteiger partial charge in [-0.25, -0.2) is 4.98 Å². The van der Waals surface area contributed by atoms with Crippen molar-refractivity contribution in [2.75, 3.05) is 0 Å². The Balaban J connectivity index is 1.81. The minimum Gasteiger partial charge on any atom is -0.342 e. The van der Waals surface area contributed by atoms with E-state index < -0.39 is 0 Å². The van der Waals surface area contributed by atoms with E-state index >= 15 is 0 Å². The summed E-state index contributed by atoms with van der Waals surface area (Å²) in [6.45, 7) is 1.86. The number of aromatic nitrogens is 4. The molecule has 1 unspecified atom stereocenters. The van der Waals surface area contributed by atoms with Gasteiger partial charge >= 0.3 is 0 Å². The van der Waals surface area contributed by atoms with Gasteiger partial charge in [-0.1, -0.05) is 0 Å². The first-order valence-corrected chi connectivity index (χ1v) is 7.26. The van der Waals surface area contributed by atoms with Crippen LogP contribution in [0.25, 0.3) is 0 Å². The Kier molecular flexibility index (Phi) is 3.52. The molecule has 1 amide bonds. The maximum Gasteiger partial charge on any atom is 0.253 e. The number of hydrogen-bond donors (Lipinski definition) is 2. The number of H-pyrrole nitrogens is 1. The summed E-state index contributed by atoms with van der Waals surface area (Å²) in [5.74, 6) is 0.920. The molecule has 0 aromatic carbocycles. The van der Waals surface area contributed by atoms with E-state index in [-0.39, 0.29) is 11.9 Å². The van der Waals surface area contributed by atoms with Gasteiger partial charge in [0.2, 0.25) is 0 Å². The normalized spacial score (nSPS) is 15.9. The smallest absolute Gasteiger partial charge is 0.253 e. The van der Waals surface area contributed by atoms with Crippen LogP contribution >= 0.6 is 15.9 Å². The molecule has 2 heterocycles. The lowest BCUT2D eigenvalue weighted by Crippen LogP contribution is -2.28. The number of carbonyl (C=O) groups excluding carboxylic acids is 1. The third-order valence-electron chi connectivity index (χ3n) is 3.29. The number of hydrogen-bond acceptors (Lipinski definition) is 4. The molecule has 1 atom stereocenters. The quantitative estimate of drug-likeness (QED) is 0.898. The summed E-state index contributed by atoms with van der Waals surface area (Å²) in [4.78, 5) is 20.9. The molecule has 2 aromatic rings. The number of rotatable bonds is 4. The van der Waals surface area contributed by atoms with E-state index in [1.54, 1.807) is 6.20 Å². The number of pyridine rings is 1. The summed E-state index contributed by atoms with van der Waals surface area (Å²) in [6.07, 6.45) is 5.37. The van der Waals surface area contributed by atoms with Crippen LogP contribution in [-0.2, 0) is 0 Å². The summed E-state index contributed by atoms with van der Waals surface area (Å²) >= 11 is 3.37. The molecule has 104 valence electrons. The fourth-order valence-corrected chi connectivity index (χ4v) is 2.41. The van der Waals surface area contributed by atoms with Gasteiger partial charge < -0.3 is 5.32 Å². The SMILES string of the molecule is CC(NC(=O)c1cc(Br)cnc1C1CC1)c1ncn[nH]1. The average Bonchev–Trinajstić information content (AvgIpc) is 3.12. The van der Waals surface area contributed by atoms with Gasteiger partial charge in [-0.15, -0.1) is 0 Å². The van der Waals surface area contributed by atoms with Gasteiger partial charge in [-0.3, -0.25) is 14.9 Å². The minimum atomic E-state index is -0.226. The van der Waals surface area contributed by atoms with Gasteiger partial charge in [-0.2, -0.15) is 5.10 Å². The maximum absolute atomic E-state index is 12.4. The molecule has 1 fully saturated rings. The van der Waals surface area contributed by atoms with Crippen molar-refractivity contribution in [2.24, 2.45) is 0 Å². The number of carbonyl (C=O) groups is 1. The fourth-order valence-electron chi connectivity index (χ4n) is 2.08. The van der Waals surface area contributed by atoms with Crippen molar-refractivity contribution in [3.05, 3.63) is 40.1 Å². The highest BCUT2D eigenvalue weighted by Crippen LogP contribution is 2.41. The third-order valence-corrected chi connectivity index (χ3v) is 3.72. The van der Waals surface area contributed by atoms with Crippen molar-refractivity contribution >= 4 is 21.8 Å². The molecule has 0 saturated heterocycles. The highest BCUT2D eigenvalue weighted by atomic mass is 79.9. The topological polar surface area (TPSA) is 83.6 Å². The molecule has 1 saturated carbocycles. The summed E-state index contributed by atoms with van der Waals surface area (Å²) in [7, 11) is 0. The second kappa shape index (κ2) is 5.32. The Morgan fingerprint density at radius 2 is 2.30 bits per heavy atom. The average molecular weight is 336 g/mol. The molecule has 0 bridgehead atoms. The van der Waals surface area contributed by atoms with Crippen LogP contribution in [-0.4, -0.2) is 26.1 Å². The Morgan fingerprint density at radius 1 is 1.50 bits per heavy atom. The van der Waals surface area contributed by atoms with Crippen LogP contribution in [0.2, 0.25) is 0 Å². The van der Waals surface area contributed by atoms with E-state index in [0.717, 1.165) is 23.0 Å². The largest absolute Gasteiger partial charge is 0.342 e. The monoisotopic (exact) mass is 335 g/mol. The van der Waals surface area contributed by atoms with Gasteiger partial charge in [-0.05, 0) is 41.8 Å². The van der Waals surface area contributed by atoms with Crippen LogP contribution in [0, 0.1) is 0 Å². The zero-order chi connectivity index (χ0) is 14.1. The lowest BCUT2D eigenvalue weighted by atomic mass is 10.1. The molecule has 1 aliphatic rings. The molecule has 1 aliphatic carbocycles. The number of nitrogens with one attached hydrogen (secondary N) is 2. The molecule has 7 heteroatoms. The first kappa shape index (κ1) is 13.2. The van der Waals surface area contributed by atoms with Crippen molar-refractivity contribution in [2.45, 2.75) is 31.7 Å². The second-order valence-electron chi connectivity index (χ2n) is 4.93. The van der Waals surface area contributed by atoms with Gasteiger partial charge in [0.25, 0.3) is 5.91 Å². The molecular formula is C13H14BrN5O. The van der Waals surface area contributed by atoms with Crippen LogP contribution in [0.4, 0.5) is 0 Å². The second-order valence-corrected chi connectivity index (χ2v) is 5.84. The van der Waals surface area contributed by atoms with Crippen molar-refractivity contribution in [1.29, 1.82) is 0 Å². The van der Waals surface area contributed by atoms with E-state index in [0.29, 0.717) is 17.3 Å². The third kappa shape index (κ3) is 2.72. The van der Waals surface area contributed by atoms with E-state index in [9.17, 15) is 4.79 Å². The molecule has 3 rings (SSSR count). The zero-order valence-corrected chi connectivity index (χ0v) is 12.5. The van der Waals surface area contributed by atoms with Gasteiger partial charge in [0.15, 0.2) is 0 Å². The summed E-state index contributed by atoms with van der Waals surface area (Å²) < 4.78 is 0.805. The van der Waals surface area contributed by atoms with Gasteiger partial charge in [0.1, 0.15) is 12.2 Å². The highest BCUT2D eigenvalue weighted by Gasteiger charge is 2.30. The lowest BCUT2D eigenvalue weighted by Gasteiger charge is -2.13. The maximum atomic E-state index is 12.4. The minimum absolute atomic E-state index is 0.135. The van der Waals surface area contributed by atoms with Crippen molar-refractivity contribution in [3.8, 4) is 0 Å². The number of nitrogens with zero attached hydrogens (tertiary/aromatic N) is 3. The van der Waals surface area contributed by atoms with Crippen LogP contribution in [0.5, 0.6) is 0 Å². The summed E-state index contributed by atoms with van der Waals surface area (Å²) in [5, 5.41) is 9.46. The molecule has 2 N–H and O–H groups in total. The molecule has 0 aliphatic heterocycles. The Hall–Kier alpha value is -1.76. The lowest BCUT2D eigenvalue weighted by molar-refractivity contribution is 0.0937. The Bertz CT molecular complexity index is 624. The van der Waals surface area contributed by atoms with Crippen LogP contribution in [0.3, 0.4) is 0 Å². The number of halogens is 1. The first-order valence-electron chi connectivity index (χ1n) is 6.46. The predicted octanol–water partition coefficient (Wildman–Crippen LogP) is 2.33. The van der Waals surface area contributed by atoms with Crippen molar-refractivity contribution in [1.82, 2.24) is 25.5 Å². The van der Waals surface area contributed by atoms with E-state index in [2.05, 4.69) is 41.4 Å². The van der Waals surface area contributed by atoms with Crippen LogP contribution < -0.4 is 5.32 Å². The van der Waals surface area contributed by atoms with Crippen molar-refractivity contribution < 1.29 is 4.79 Å². The molecule has 6 nitrogen and oxygen atoms in total. The molecule has 20 heavy (non-hydrogen) atoms. The summed E-state index contributed by atoms with van der Waals surface area (Å²) in [5.41, 5.74) is 1.52. The Labute approximate surface area is 124 Å². The summed E-state index contributed by atoms with van der Waals surface area (Å²) in [6, 6.07) is 1.60. The number of amides is 1. The van der Waals surface area contributed by atoms with Crippen molar-refractivity contribution in [3.63, 3.8) is 0 Å². The molecule has 0 radical (unpaired) electrons. The standard InChI is InChI=1S/C13H14BrN5O/c1-7(12-16-6-17-19-12)18-13(20)10-4-9(14)5-15-11(10)8-2-3-8/h4-8H,2-3H2,1H3,(H,18,20)(H,16,17,19). The van der Waals surface area contributed by atoms with E-state index in [4.69, 9.17) is 0 Å². The van der Waals surface area contributed by atoms with Gasteiger partial charge in [0, 0.05) is 16.6 Å². The molecule has 0 spiro atoms.